The second kappa shape index (κ2) is 3.55. The van der Waals surface area contributed by atoms with Gasteiger partial charge in [0.05, 0.1) is 6.04 Å². The van der Waals surface area contributed by atoms with E-state index in [0.717, 1.165) is 21.5 Å². The maximum atomic E-state index is 11.1. The van der Waals surface area contributed by atoms with Gasteiger partial charge in [0.15, 0.2) is 11.5 Å². The highest BCUT2D eigenvalue weighted by Gasteiger charge is 2.26. The maximum absolute atomic E-state index is 11.1. The second-order valence-electron chi connectivity index (χ2n) is 3.63. The molecule has 16 heavy (non-hydrogen) atoms. The Hall–Kier alpha value is -1.43. The summed E-state index contributed by atoms with van der Waals surface area (Å²) in [5.74, 6) is 1.45. The summed E-state index contributed by atoms with van der Waals surface area (Å²) in [6.07, 6.45) is 0. The van der Waals surface area contributed by atoms with Crippen LogP contribution in [0.1, 0.15) is 11.6 Å². The molecule has 6 heteroatoms. The molecule has 2 heterocycles. The Morgan fingerprint density at radius 2 is 2.06 bits per heavy atom. The predicted octanol–water partition coefficient (Wildman–Crippen LogP) is 1.53. The zero-order chi connectivity index (χ0) is 11.1. The van der Waals surface area contributed by atoms with E-state index in [4.69, 9.17) is 9.47 Å². The fraction of sp³-hybridized carbons (Fsp3) is 0.300. The molecule has 0 aromatic heterocycles. The maximum Gasteiger partial charge on any atom is 0.315 e. The Labute approximate surface area is 100 Å². The average Bonchev–Trinajstić information content (AvgIpc) is 2.84. The lowest BCUT2D eigenvalue weighted by Gasteiger charge is -2.12. The number of hydrogen-bond donors (Lipinski definition) is 2. The van der Waals surface area contributed by atoms with Crippen LogP contribution in [0.5, 0.6) is 11.5 Å². The van der Waals surface area contributed by atoms with Crippen molar-refractivity contribution in [2.75, 3.05) is 13.3 Å². The third-order valence-electron chi connectivity index (χ3n) is 2.64. The number of halogens is 1. The Morgan fingerprint density at radius 3 is 2.75 bits per heavy atom. The van der Waals surface area contributed by atoms with E-state index in [2.05, 4.69) is 26.6 Å². The van der Waals surface area contributed by atoms with E-state index in [0.29, 0.717) is 6.54 Å². The summed E-state index contributed by atoms with van der Waals surface area (Å²) >= 11 is 3.47. The van der Waals surface area contributed by atoms with E-state index in [1.165, 1.54) is 0 Å². The van der Waals surface area contributed by atoms with Crippen molar-refractivity contribution >= 4 is 22.0 Å². The van der Waals surface area contributed by atoms with Crippen molar-refractivity contribution in [3.63, 3.8) is 0 Å². The largest absolute Gasteiger partial charge is 0.454 e. The lowest BCUT2D eigenvalue weighted by Crippen LogP contribution is -2.21. The van der Waals surface area contributed by atoms with Gasteiger partial charge in [0.25, 0.3) is 0 Å². The van der Waals surface area contributed by atoms with Gasteiger partial charge >= 0.3 is 6.03 Å². The molecule has 2 N–H and O–H groups in total. The number of benzene rings is 1. The number of carbonyl (C=O) groups excluding carboxylic acids is 1. The first kappa shape index (κ1) is 9.77. The number of urea groups is 1. The topological polar surface area (TPSA) is 59.6 Å². The van der Waals surface area contributed by atoms with Gasteiger partial charge in [0, 0.05) is 11.0 Å². The molecule has 2 aliphatic heterocycles. The number of rotatable bonds is 1. The second-order valence-corrected chi connectivity index (χ2v) is 4.49. The molecule has 2 aliphatic rings. The van der Waals surface area contributed by atoms with Gasteiger partial charge in [-0.15, -0.1) is 0 Å². The van der Waals surface area contributed by atoms with Gasteiger partial charge in [0.1, 0.15) is 0 Å². The first-order valence-electron chi connectivity index (χ1n) is 4.87. The van der Waals surface area contributed by atoms with Crippen LogP contribution in [-0.2, 0) is 0 Å². The summed E-state index contributed by atoms with van der Waals surface area (Å²) in [4.78, 5) is 11.1. The van der Waals surface area contributed by atoms with Gasteiger partial charge in [-0.3, -0.25) is 0 Å². The van der Waals surface area contributed by atoms with Gasteiger partial charge < -0.3 is 20.1 Å². The number of nitrogens with one attached hydrogen (secondary N) is 2. The Kier molecular flexibility index (Phi) is 2.17. The minimum atomic E-state index is -0.144. The lowest BCUT2D eigenvalue weighted by atomic mass is 10.1. The highest BCUT2D eigenvalue weighted by atomic mass is 79.9. The van der Waals surface area contributed by atoms with E-state index in [-0.39, 0.29) is 18.9 Å². The molecular formula is C10H9BrN2O3. The molecule has 1 fully saturated rings. The zero-order valence-electron chi connectivity index (χ0n) is 8.25. The summed E-state index contributed by atoms with van der Waals surface area (Å²) in [7, 11) is 0. The fourth-order valence-electron chi connectivity index (χ4n) is 1.84. The van der Waals surface area contributed by atoms with Crippen LogP contribution in [0.4, 0.5) is 4.79 Å². The van der Waals surface area contributed by atoms with Crippen LogP contribution in [-0.4, -0.2) is 19.4 Å². The molecule has 1 saturated heterocycles. The normalized spacial score (nSPS) is 21.8. The van der Waals surface area contributed by atoms with E-state index < -0.39 is 0 Å². The molecule has 84 valence electrons. The minimum absolute atomic E-state index is 0.0311. The van der Waals surface area contributed by atoms with Crippen molar-refractivity contribution in [3.05, 3.63) is 22.2 Å². The molecule has 0 radical (unpaired) electrons. The van der Waals surface area contributed by atoms with Crippen molar-refractivity contribution in [1.82, 2.24) is 10.6 Å². The standard InChI is InChI=1S/C10H9BrN2O3/c11-6-2-9-8(15-4-16-9)1-5(6)7-3-12-10(14)13-7/h1-2,7H,3-4H2,(H2,12,13,14)/t7-/m0/s1. The fourth-order valence-corrected chi connectivity index (χ4v) is 2.44. The van der Waals surface area contributed by atoms with Gasteiger partial charge in [-0.05, 0) is 17.7 Å². The first-order valence-corrected chi connectivity index (χ1v) is 5.67. The first-order chi connectivity index (χ1) is 7.74. The molecular weight excluding hydrogens is 276 g/mol. The number of carbonyl (C=O) groups is 1. The van der Waals surface area contributed by atoms with Crippen LogP contribution in [0.2, 0.25) is 0 Å². The third kappa shape index (κ3) is 1.49. The summed E-state index contributed by atoms with van der Waals surface area (Å²) in [6.45, 7) is 0.831. The van der Waals surface area contributed by atoms with Crippen molar-refractivity contribution in [2.24, 2.45) is 0 Å². The molecule has 0 aliphatic carbocycles. The molecule has 5 nitrogen and oxygen atoms in total. The average molecular weight is 285 g/mol. The van der Waals surface area contributed by atoms with Crippen molar-refractivity contribution in [2.45, 2.75) is 6.04 Å². The van der Waals surface area contributed by atoms with Gasteiger partial charge in [0.2, 0.25) is 6.79 Å². The number of amides is 2. The summed E-state index contributed by atoms with van der Waals surface area (Å²) < 4.78 is 11.5. The van der Waals surface area contributed by atoms with Crippen LogP contribution < -0.4 is 20.1 Å². The molecule has 0 saturated carbocycles. The Morgan fingerprint density at radius 1 is 1.31 bits per heavy atom. The van der Waals surface area contributed by atoms with Crippen molar-refractivity contribution in [1.29, 1.82) is 0 Å². The van der Waals surface area contributed by atoms with Crippen molar-refractivity contribution in [3.8, 4) is 11.5 Å². The monoisotopic (exact) mass is 284 g/mol. The summed E-state index contributed by atoms with van der Waals surface area (Å²) in [5.41, 5.74) is 0.989. The van der Waals surface area contributed by atoms with Gasteiger partial charge in [-0.25, -0.2) is 4.79 Å². The minimum Gasteiger partial charge on any atom is -0.454 e. The predicted molar refractivity (Wildman–Crippen MR) is 59.5 cm³/mol. The van der Waals surface area contributed by atoms with E-state index >= 15 is 0 Å². The number of ether oxygens (including phenoxy) is 2. The lowest BCUT2D eigenvalue weighted by molar-refractivity contribution is 0.174. The molecule has 2 amide bonds. The zero-order valence-corrected chi connectivity index (χ0v) is 9.83. The van der Waals surface area contributed by atoms with Crippen LogP contribution in [0.3, 0.4) is 0 Å². The van der Waals surface area contributed by atoms with E-state index in [1.807, 2.05) is 12.1 Å². The van der Waals surface area contributed by atoms with Crippen molar-refractivity contribution < 1.29 is 14.3 Å². The SMILES string of the molecule is O=C1NC[C@@H](c2cc3c(cc2Br)OCO3)N1. The molecule has 3 rings (SSSR count). The number of fused-ring (bicyclic) bond motifs is 1. The smallest absolute Gasteiger partial charge is 0.315 e. The Balaban J connectivity index is 1.98. The molecule has 1 aromatic carbocycles. The van der Waals surface area contributed by atoms with Crippen LogP contribution in [0.15, 0.2) is 16.6 Å². The molecule has 0 bridgehead atoms. The number of hydrogen-bond acceptors (Lipinski definition) is 3. The quantitative estimate of drug-likeness (QED) is 0.822. The van der Waals surface area contributed by atoms with Crippen LogP contribution >= 0.6 is 15.9 Å². The van der Waals surface area contributed by atoms with Gasteiger partial charge in [-0.1, -0.05) is 15.9 Å². The highest BCUT2D eigenvalue weighted by Crippen LogP contribution is 2.39. The van der Waals surface area contributed by atoms with Crippen LogP contribution in [0.25, 0.3) is 0 Å². The molecule has 0 spiro atoms. The van der Waals surface area contributed by atoms with E-state index in [1.54, 1.807) is 0 Å². The molecule has 0 unspecified atom stereocenters. The molecule has 1 aromatic rings. The highest BCUT2D eigenvalue weighted by molar-refractivity contribution is 9.10. The van der Waals surface area contributed by atoms with Gasteiger partial charge in [-0.2, -0.15) is 0 Å². The van der Waals surface area contributed by atoms with Crippen LogP contribution in [0, 0.1) is 0 Å². The summed E-state index contributed by atoms with van der Waals surface area (Å²) in [6, 6.07) is 3.58. The Bertz CT molecular complexity index is 464. The van der Waals surface area contributed by atoms with E-state index in [9.17, 15) is 4.79 Å². The third-order valence-corrected chi connectivity index (χ3v) is 3.33. The molecule has 1 atom stereocenters. The summed E-state index contributed by atoms with van der Waals surface area (Å²) in [5, 5.41) is 5.55.